The number of piperidine rings is 1. The molecule has 5 nitrogen and oxygen atoms in total. The molecule has 1 aromatic carbocycles. The topological polar surface area (TPSA) is 59.0 Å². The molecule has 3 rings (SSSR count). The van der Waals surface area contributed by atoms with Crippen molar-refractivity contribution in [3.05, 3.63) is 52.8 Å². The summed E-state index contributed by atoms with van der Waals surface area (Å²) in [6.45, 7) is 2.69. The van der Waals surface area contributed by atoms with Crippen LogP contribution in [0.4, 0.5) is 0 Å². The first-order valence-corrected chi connectivity index (χ1v) is 8.34. The van der Waals surface area contributed by atoms with Gasteiger partial charge in [0.15, 0.2) is 0 Å². The number of aromatic nitrogens is 2. The molecule has 2 N–H and O–H groups in total. The van der Waals surface area contributed by atoms with Crippen LogP contribution in [0.15, 0.2) is 36.5 Å². The van der Waals surface area contributed by atoms with Gasteiger partial charge in [0, 0.05) is 35.9 Å². The summed E-state index contributed by atoms with van der Waals surface area (Å²) >= 11 is 6.10. The standard InChI is InChI=1S/C17H21ClN4O/c18-15-6-2-1-4-13(15)11-20-17(23)12-22-16(7-9-21-22)14-5-3-8-19-10-14/h1-2,4,6-7,9,14,19H,3,5,8,10-12H2,(H,20,23). The highest BCUT2D eigenvalue weighted by atomic mass is 35.5. The number of nitrogens with zero attached hydrogens (tertiary/aromatic N) is 2. The van der Waals surface area contributed by atoms with E-state index in [-0.39, 0.29) is 12.5 Å². The van der Waals surface area contributed by atoms with Crippen molar-refractivity contribution in [3.8, 4) is 0 Å². The van der Waals surface area contributed by atoms with E-state index in [4.69, 9.17) is 11.6 Å². The molecule has 0 aliphatic carbocycles. The molecule has 1 amide bonds. The lowest BCUT2D eigenvalue weighted by Crippen LogP contribution is -2.32. The molecule has 1 fully saturated rings. The van der Waals surface area contributed by atoms with Gasteiger partial charge in [-0.1, -0.05) is 29.8 Å². The highest BCUT2D eigenvalue weighted by Crippen LogP contribution is 2.22. The fourth-order valence-electron chi connectivity index (χ4n) is 2.95. The lowest BCUT2D eigenvalue weighted by atomic mass is 9.96. The maximum Gasteiger partial charge on any atom is 0.242 e. The summed E-state index contributed by atoms with van der Waals surface area (Å²) < 4.78 is 1.81. The largest absolute Gasteiger partial charge is 0.350 e. The smallest absolute Gasteiger partial charge is 0.242 e. The van der Waals surface area contributed by atoms with Crippen molar-refractivity contribution in [3.63, 3.8) is 0 Å². The molecule has 2 heterocycles. The number of amides is 1. The zero-order chi connectivity index (χ0) is 16.1. The summed E-state index contributed by atoms with van der Waals surface area (Å²) in [6, 6.07) is 9.54. The van der Waals surface area contributed by atoms with Crippen molar-refractivity contribution < 1.29 is 4.79 Å². The second-order valence-corrected chi connectivity index (χ2v) is 6.23. The zero-order valence-corrected chi connectivity index (χ0v) is 13.7. The minimum Gasteiger partial charge on any atom is -0.350 e. The van der Waals surface area contributed by atoms with E-state index in [9.17, 15) is 4.79 Å². The molecule has 1 unspecified atom stereocenters. The van der Waals surface area contributed by atoms with Gasteiger partial charge >= 0.3 is 0 Å². The van der Waals surface area contributed by atoms with Crippen molar-refractivity contribution in [2.24, 2.45) is 0 Å². The van der Waals surface area contributed by atoms with Crippen LogP contribution in [0, 0.1) is 0 Å². The Labute approximate surface area is 141 Å². The molecule has 6 heteroatoms. The second-order valence-electron chi connectivity index (χ2n) is 5.83. The van der Waals surface area contributed by atoms with Crippen molar-refractivity contribution in [1.82, 2.24) is 20.4 Å². The molecule has 0 radical (unpaired) electrons. The Hall–Kier alpha value is -1.85. The van der Waals surface area contributed by atoms with Crippen molar-refractivity contribution in [2.45, 2.75) is 31.8 Å². The lowest BCUT2D eigenvalue weighted by molar-refractivity contribution is -0.122. The Morgan fingerprint density at radius 3 is 3.04 bits per heavy atom. The van der Waals surface area contributed by atoms with E-state index < -0.39 is 0 Å². The van der Waals surface area contributed by atoms with Gasteiger partial charge in [0.25, 0.3) is 0 Å². The maximum absolute atomic E-state index is 12.2. The average molecular weight is 333 g/mol. The molecule has 1 aliphatic heterocycles. The van der Waals surface area contributed by atoms with Crippen LogP contribution in [0.1, 0.15) is 30.0 Å². The number of hydrogen-bond acceptors (Lipinski definition) is 3. The van der Waals surface area contributed by atoms with Gasteiger partial charge in [0.2, 0.25) is 5.91 Å². The van der Waals surface area contributed by atoms with Gasteiger partial charge < -0.3 is 10.6 Å². The van der Waals surface area contributed by atoms with Gasteiger partial charge in [0.05, 0.1) is 0 Å². The molecule has 1 atom stereocenters. The molecule has 0 saturated carbocycles. The maximum atomic E-state index is 12.2. The third kappa shape index (κ3) is 4.12. The molecule has 0 bridgehead atoms. The summed E-state index contributed by atoms with van der Waals surface area (Å²) in [5, 5.41) is 11.3. The number of halogens is 1. The Balaban J connectivity index is 1.58. The SMILES string of the molecule is O=C(Cn1nccc1C1CCCNC1)NCc1ccccc1Cl. The van der Waals surface area contributed by atoms with E-state index in [1.165, 1.54) is 0 Å². The zero-order valence-electron chi connectivity index (χ0n) is 13.0. The minimum atomic E-state index is -0.0568. The normalized spacial score (nSPS) is 17.9. The van der Waals surface area contributed by atoms with Gasteiger partial charge in [-0.05, 0) is 37.1 Å². The monoisotopic (exact) mass is 332 g/mol. The summed E-state index contributed by atoms with van der Waals surface area (Å²) in [5.41, 5.74) is 2.05. The van der Waals surface area contributed by atoms with Crippen molar-refractivity contribution in [2.75, 3.05) is 13.1 Å². The van der Waals surface area contributed by atoms with Crippen LogP contribution in [0.25, 0.3) is 0 Å². The van der Waals surface area contributed by atoms with E-state index in [0.29, 0.717) is 17.5 Å². The number of carbonyl (C=O) groups is 1. The Kier molecular flexibility index (Phi) is 5.31. The van der Waals surface area contributed by atoms with Gasteiger partial charge in [-0.3, -0.25) is 9.48 Å². The quantitative estimate of drug-likeness (QED) is 0.883. The van der Waals surface area contributed by atoms with Crippen molar-refractivity contribution in [1.29, 1.82) is 0 Å². The highest BCUT2D eigenvalue weighted by Gasteiger charge is 2.19. The first-order valence-electron chi connectivity index (χ1n) is 7.96. The number of carbonyl (C=O) groups excluding carboxylic acids is 1. The van der Waals surface area contributed by atoms with E-state index in [2.05, 4.69) is 15.7 Å². The predicted octanol–water partition coefficient (Wildman–Crippen LogP) is 2.32. The Bertz CT molecular complexity index is 664. The van der Waals surface area contributed by atoms with E-state index >= 15 is 0 Å². The summed E-state index contributed by atoms with van der Waals surface area (Å²) in [6.07, 6.45) is 4.07. The van der Waals surface area contributed by atoms with Crippen LogP contribution in [0.5, 0.6) is 0 Å². The average Bonchev–Trinajstić information content (AvgIpc) is 3.03. The second kappa shape index (κ2) is 7.62. The van der Waals surface area contributed by atoms with Crippen LogP contribution < -0.4 is 10.6 Å². The molecule has 0 spiro atoms. The van der Waals surface area contributed by atoms with Gasteiger partial charge in [-0.25, -0.2) is 0 Å². The first kappa shape index (κ1) is 16.0. The van der Waals surface area contributed by atoms with E-state index in [1.54, 1.807) is 10.9 Å². The third-order valence-electron chi connectivity index (χ3n) is 4.19. The fraction of sp³-hybridized carbons (Fsp3) is 0.412. The molecule has 1 saturated heterocycles. The Morgan fingerprint density at radius 1 is 1.39 bits per heavy atom. The van der Waals surface area contributed by atoms with E-state index in [0.717, 1.165) is 37.2 Å². The van der Waals surface area contributed by atoms with Gasteiger partial charge in [0.1, 0.15) is 6.54 Å². The van der Waals surface area contributed by atoms with Crippen LogP contribution >= 0.6 is 11.6 Å². The minimum absolute atomic E-state index is 0.0568. The molecule has 122 valence electrons. The summed E-state index contributed by atoms with van der Waals surface area (Å²) in [7, 11) is 0. The van der Waals surface area contributed by atoms with Crippen LogP contribution in [0.3, 0.4) is 0 Å². The molecule has 1 aliphatic rings. The molecule has 2 aromatic rings. The molecular weight excluding hydrogens is 312 g/mol. The van der Waals surface area contributed by atoms with Gasteiger partial charge in [-0.15, -0.1) is 0 Å². The van der Waals surface area contributed by atoms with Crippen LogP contribution in [-0.4, -0.2) is 28.8 Å². The molecule has 1 aromatic heterocycles. The Morgan fingerprint density at radius 2 is 2.26 bits per heavy atom. The predicted molar refractivity (Wildman–Crippen MR) is 90.4 cm³/mol. The highest BCUT2D eigenvalue weighted by molar-refractivity contribution is 6.31. The number of rotatable bonds is 5. The molecule has 23 heavy (non-hydrogen) atoms. The summed E-state index contributed by atoms with van der Waals surface area (Å²) in [5.74, 6) is 0.376. The van der Waals surface area contributed by atoms with Gasteiger partial charge in [-0.2, -0.15) is 5.10 Å². The number of benzene rings is 1. The fourth-order valence-corrected chi connectivity index (χ4v) is 3.16. The lowest BCUT2D eigenvalue weighted by Gasteiger charge is -2.23. The molecular formula is C17H21ClN4O. The van der Waals surface area contributed by atoms with Crippen LogP contribution in [0.2, 0.25) is 5.02 Å². The first-order chi connectivity index (χ1) is 11.2. The number of nitrogens with one attached hydrogen (secondary N) is 2. The summed E-state index contributed by atoms with van der Waals surface area (Å²) in [4.78, 5) is 12.2. The number of hydrogen-bond donors (Lipinski definition) is 2. The third-order valence-corrected chi connectivity index (χ3v) is 4.56. The van der Waals surface area contributed by atoms with Crippen LogP contribution in [-0.2, 0) is 17.9 Å². The van der Waals surface area contributed by atoms with E-state index in [1.807, 2.05) is 30.3 Å². The van der Waals surface area contributed by atoms with Crippen molar-refractivity contribution >= 4 is 17.5 Å².